The minimum atomic E-state index is -0.296. The van der Waals surface area contributed by atoms with Gasteiger partial charge >= 0.3 is 0 Å². The maximum atomic E-state index is 13.2. The van der Waals surface area contributed by atoms with Gasteiger partial charge in [0.1, 0.15) is 17.3 Å². The molecule has 122 valence electrons. The lowest BCUT2D eigenvalue weighted by Crippen LogP contribution is -2.28. The van der Waals surface area contributed by atoms with Crippen molar-refractivity contribution in [1.82, 2.24) is 5.32 Å². The van der Waals surface area contributed by atoms with Crippen molar-refractivity contribution >= 4 is 38.9 Å². The third kappa shape index (κ3) is 4.80. The van der Waals surface area contributed by atoms with Crippen molar-refractivity contribution in [2.75, 3.05) is 19.5 Å². The van der Waals surface area contributed by atoms with E-state index in [2.05, 4.69) is 26.6 Å². The molecule has 0 unspecified atom stereocenters. The van der Waals surface area contributed by atoms with Crippen molar-refractivity contribution in [3.63, 3.8) is 0 Å². The van der Waals surface area contributed by atoms with Crippen LogP contribution in [-0.2, 0) is 6.54 Å². The third-order valence-corrected chi connectivity index (χ3v) is 3.95. The van der Waals surface area contributed by atoms with Gasteiger partial charge in [0.2, 0.25) is 0 Å². The van der Waals surface area contributed by atoms with Crippen molar-refractivity contribution < 1.29 is 13.9 Å². The van der Waals surface area contributed by atoms with E-state index in [9.17, 15) is 4.39 Å². The maximum Gasteiger partial charge on any atom is 0.171 e. The van der Waals surface area contributed by atoms with Gasteiger partial charge in [0.05, 0.1) is 24.4 Å². The van der Waals surface area contributed by atoms with E-state index in [-0.39, 0.29) is 5.82 Å². The molecule has 0 spiro atoms. The largest absolute Gasteiger partial charge is 0.497 e. The molecule has 0 atom stereocenters. The fraction of sp³-hybridized carbons (Fsp3) is 0.188. The van der Waals surface area contributed by atoms with E-state index < -0.39 is 0 Å². The number of anilines is 1. The van der Waals surface area contributed by atoms with Gasteiger partial charge in [-0.1, -0.05) is 6.07 Å². The van der Waals surface area contributed by atoms with Crippen molar-refractivity contribution in [2.45, 2.75) is 6.54 Å². The molecule has 0 saturated heterocycles. The van der Waals surface area contributed by atoms with E-state index in [0.717, 1.165) is 5.56 Å². The van der Waals surface area contributed by atoms with E-state index in [1.54, 1.807) is 44.6 Å². The number of rotatable bonds is 5. The molecule has 4 nitrogen and oxygen atoms in total. The van der Waals surface area contributed by atoms with Crippen LogP contribution in [0.1, 0.15) is 5.56 Å². The number of nitrogens with one attached hydrogen (secondary N) is 2. The predicted octanol–water partition coefficient (Wildman–Crippen LogP) is 4.09. The number of thiocarbonyl (C=S) groups is 1. The molecule has 0 fully saturated rings. The smallest absolute Gasteiger partial charge is 0.171 e. The Morgan fingerprint density at radius 3 is 2.61 bits per heavy atom. The minimum Gasteiger partial charge on any atom is -0.497 e. The van der Waals surface area contributed by atoms with Gasteiger partial charge in [-0.2, -0.15) is 0 Å². The first-order valence-corrected chi connectivity index (χ1v) is 7.94. The van der Waals surface area contributed by atoms with Crippen LogP contribution in [0.3, 0.4) is 0 Å². The van der Waals surface area contributed by atoms with E-state index in [0.29, 0.717) is 33.3 Å². The molecule has 2 aromatic rings. The molecule has 0 aromatic heterocycles. The SMILES string of the molecule is COc1ccc(OC)c(NC(=S)NCc2ccc(F)c(Br)c2)c1. The Kier molecular flexibility index (Phi) is 6.18. The van der Waals surface area contributed by atoms with Crippen LogP contribution in [-0.4, -0.2) is 19.3 Å². The van der Waals surface area contributed by atoms with Crippen molar-refractivity contribution in [3.05, 3.63) is 52.3 Å². The van der Waals surface area contributed by atoms with Gasteiger partial charge in [-0.3, -0.25) is 0 Å². The highest BCUT2D eigenvalue weighted by atomic mass is 79.9. The van der Waals surface area contributed by atoms with Gasteiger partial charge in [-0.25, -0.2) is 4.39 Å². The molecule has 0 aliphatic carbocycles. The third-order valence-electron chi connectivity index (χ3n) is 3.09. The molecule has 0 aliphatic rings. The summed E-state index contributed by atoms with van der Waals surface area (Å²) < 4.78 is 24.1. The van der Waals surface area contributed by atoms with Crippen molar-refractivity contribution in [1.29, 1.82) is 0 Å². The zero-order valence-electron chi connectivity index (χ0n) is 12.7. The number of ether oxygens (including phenoxy) is 2. The molecular formula is C16H16BrFN2O2S. The van der Waals surface area contributed by atoms with Crippen LogP contribution in [0.25, 0.3) is 0 Å². The minimum absolute atomic E-state index is 0.296. The van der Waals surface area contributed by atoms with Crippen LogP contribution in [0.2, 0.25) is 0 Å². The number of methoxy groups -OCH3 is 2. The molecule has 7 heteroatoms. The van der Waals surface area contributed by atoms with E-state index in [4.69, 9.17) is 21.7 Å². The fourth-order valence-electron chi connectivity index (χ4n) is 1.91. The Labute approximate surface area is 148 Å². The van der Waals surface area contributed by atoms with Crippen LogP contribution >= 0.6 is 28.1 Å². The average molecular weight is 399 g/mol. The summed E-state index contributed by atoms with van der Waals surface area (Å²) in [6.45, 7) is 0.469. The monoisotopic (exact) mass is 398 g/mol. The first-order valence-electron chi connectivity index (χ1n) is 6.74. The zero-order valence-corrected chi connectivity index (χ0v) is 15.1. The summed E-state index contributed by atoms with van der Waals surface area (Å²) in [6, 6.07) is 10.2. The van der Waals surface area contributed by atoms with Crippen molar-refractivity contribution in [3.8, 4) is 11.5 Å². The summed E-state index contributed by atoms with van der Waals surface area (Å²) in [4.78, 5) is 0. The summed E-state index contributed by atoms with van der Waals surface area (Å²) in [6.07, 6.45) is 0. The van der Waals surface area contributed by atoms with E-state index in [1.807, 2.05) is 0 Å². The first-order chi connectivity index (χ1) is 11.0. The van der Waals surface area contributed by atoms with Crippen LogP contribution in [0.5, 0.6) is 11.5 Å². The molecule has 0 aliphatic heterocycles. The first kappa shape index (κ1) is 17.5. The van der Waals surface area contributed by atoms with Gasteiger partial charge in [-0.05, 0) is 58.0 Å². The lowest BCUT2D eigenvalue weighted by Gasteiger charge is -2.14. The molecule has 0 amide bonds. The topological polar surface area (TPSA) is 42.5 Å². The molecule has 0 heterocycles. The van der Waals surface area contributed by atoms with Gasteiger partial charge in [0.15, 0.2) is 5.11 Å². The highest BCUT2D eigenvalue weighted by molar-refractivity contribution is 9.10. The van der Waals surface area contributed by atoms with E-state index >= 15 is 0 Å². The van der Waals surface area contributed by atoms with Gasteiger partial charge < -0.3 is 20.1 Å². The quantitative estimate of drug-likeness (QED) is 0.742. The summed E-state index contributed by atoms with van der Waals surface area (Å²) in [5, 5.41) is 6.55. The number of hydrogen-bond donors (Lipinski definition) is 2. The average Bonchev–Trinajstić information content (AvgIpc) is 2.55. The lowest BCUT2D eigenvalue weighted by atomic mass is 10.2. The van der Waals surface area contributed by atoms with Gasteiger partial charge in [-0.15, -0.1) is 0 Å². The Hall–Kier alpha value is -1.86. The van der Waals surface area contributed by atoms with Crippen LogP contribution in [0.15, 0.2) is 40.9 Å². The van der Waals surface area contributed by atoms with Gasteiger partial charge in [0, 0.05) is 12.6 Å². The Balaban J connectivity index is 2.00. The molecular weight excluding hydrogens is 383 g/mol. The summed E-state index contributed by atoms with van der Waals surface area (Å²) >= 11 is 8.44. The standard InChI is InChI=1S/C16H16BrFN2O2S/c1-21-11-4-6-15(22-2)14(8-11)20-16(23)19-9-10-3-5-13(18)12(17)7-10/h3-8H,9H2,1-2H3,(H2,19,20,23). The number of hydrogen-bond acceptors (Lipinski definition) is 3. The summed E-state index contributed by atoms with van der Waals surface area (Å²) in [5.74, 6) is 1.05. The summed E-state index contributed by atoms with van der Waals surface area (Å²) in [7, 11) is 3.17. The van der Waals surface area contributed by atoms with Crippen LogP contribution in [0, 0.1) is 5.82 Å². The second kappa shape index (κ2) is 8.12. The van der Waals surface area contributed by atoms with E-state index in [1.165, 1.54) is 6.07 Å². The molecule has 2 rings (SSSR count). The highest BCUT2D eigenvalue weighted by Gasteiger charge is 2.07. The number of halogens is 2. The lowest BCUT2D eigenvalue weighted by molar-refractivity contribution is 0.405. The van der Waals surface area contributed by atoms with Gasteiger partial charge in [0.25, 0.3) is 0 Å². The van der Waals surface area contributed by atoms with Crippen LogP contribution < -0.4 is 20.1 Å². The molecule has 0 saturated carbocycles. The second-order valence-electron chi connectivity index (χ2n) is 4.62. The Morgan fingerprint density at radius 1 is 1.17 bits per heavy atom. The molecule has 2 N–H and O–H groups in total. The zero-order chi connectivity index (χ0) is 16.8. The fourth-order valence-corrected chi connectivity index (χ4v) is 2.52. The van der Waals surface area contributed by atoms with Crippen LogP contribution in [0.4, 0.5) is 10.1 Å². The molecule has 0 bridgehead atoms. The maximum absolute atomic E-state index is 13.2. The second-order valence-corrected chi connectivity index (χ2v) is 5.88. The molecule has 2 aromatic carbocycles. The normalized spacial score (nSPS) is 10.1. The molecule has 0 radical (unpaired) electrons. The summed E-state index contributed by atoms with van der Waals surface area (Å²) in [5.41, 5.74) is 1.60. The number of benzene rings is 2. The highest BCUT2D eigenvalue weighted by Crippen LogP contribution is 2.28. The van der Waals surface area contributed by atoms with Crippen molar-refractivity contribution in [2.24, 2.45) is 0 Å². The Bertz CT molecular complexity index is 712. The Morgan fingerprint density at radius 2 is 1.96 bits per heavy atom. The molecule has 23 heavy (non-hydrogen) atoms. The predicted molar refractivity (Wildman–Crippen MR) is 96.7 cm³/mol.